The van der Waals surface area contributed by atoms with Crippen molar-refractivity contribution in [1.82, 2.24) is 9.30 Å². The zero-order valence-electron chi connectivity index (χ0n) is 10.3. The summed E-state index contributed by atoms with van der Waals surface area (Å²) in [7, 11) is 0. The Kier molecular flexibility index (Phi) is 2.41. The Morgan fingerprint density at radius 3 is 2.53 bits per heavy atom. The second-order valence-electron chi connectivity index (χ2n) is 4.48. The van der Waals surface area contributed by atoms with Crippen LogP contribution in [0, 0.1) is 0 Å². The summed E-state index contributed by atoms with van der Waals surface area (Å²) in [4.78, 5) is 24.0. The molecule has 0 unspecified atom stereocenters. The van der Waals surface area contributed by atoms with E-state index in [1.807, 2.05) is 12.1 Å². The van der Waals surface area contributed by atoms with E-state index in [2.05, 4.69) is 0 Å². The Morgan fingerprint density at radius 1 is 1.16 bits per heavy atom. The summed E-state index contributed by atoms with van der Waals surface area (Å²) >= 11 is 0. The number of hydrogen-bond donors (Lipinski definition) is 1. The van der Waals surface area contributed by atoms with Gasteiger partial charge in [-0.3, -0.25) is 9.36 Å². The fourth-order valence-electron chi connectivity index (χ4n) is 2.42. The lowest BCUT2D eigenvalue weighted by atomic mass is 10.1. The number of rotatable bonds is 1. The molecule has 0 bridgehead atoms. The highest BCUT2D eigenvalue weighted by Gasteiger charge is 2.23. The maximum absolute atomic E-state index is 12.1. The summed E-state index contributed by atoms with van der Waals surface area (Å²) in [6.45, 7) is 1.80. The molecule has 1 N–H and O–H groups in total. The number of allylic oxidation sites excluding steroid dienone is 2. The van der Waals surface area contributed by atoms with Gasteiger partial charge in [-0.2, -0.15) is 0 Å². The standard InChI is InChI=1S/C14H12N2O3/c1-9-7-8-11-12(9)13(17)16(19)14(18)15(11)10-5-3-2-4-6-10/h2-7,19H,8H2,1H3. The van der Waals surface area contributed by atoms with Crippen molar-refractivity contribution in [2.75, 3.05) is 0 Å². The predicted octanol–water partition coefficient (Wildman–Crippen LogP) is 1.20. The summed E-state index contributed by atoms with van der Waals surface area (Å²) < 4.78 is 1.55. The summed E-state index contributed by atoms with van der Waals surface area (Å²) in [6, 6.07) is 8.97. The lowest BCUT2D eigenvalue weighted by molar-refractivity contribution is 0.156. The summed E-state index contributed by atoms with van der Waals surface area (Å²) in [5.74, 6) is 0. The van der Waals surface area contributed by atoms with Crippen LogP contribution in [0.5, 0.6) is 0 Å². The van der Waals surface area contributed by atoms with Crippen molar-refractivity contribution in [3.63, 3.8) is 0 Å². The zero-order chi connectivity index (χ0) is 13.6. The van der Waals surface area contributed by atoms with Crippen molar-refractivity contribution < 1.29 is 5.21 Å². The van der Waals surface area contributed by atoms with Gasteiger partial charge in [0.1, 0.15) is 0 Å². The number of fused-ring (bicyclic) bond motifs is 1. The predicted molar refractivity (Wildman–Crippen MR) is 70.8 cm³/mol. The van der Waals surface area contributed by atoms with Gasteiger partial charge >= 0.3 is 5.69 Å². The molecular weight excluding hydrogens is 244 g/mol. The van der Waals surface area contributed by atoms with E-state index in [0.29, 0.717) is 23.4 Å². The third-order valence-corrected chi connectivity index (χ3v) is 3.35. The van der Waals surface area contributed by atoms with Crippen molar-refractivity contribution in [2.24, 2.45) is 0 Å². The van der Waals surface area contributed by atoms with Crippen LogP contribution in [0.3, 0.4) is 0 Å². The second kappa shape index (κ2) is 3.98. The fraction of sp³-hybridized carbons (Fsp3) is 0.143. The normalized spacial score (nSPS) is 13.2. The molecule has 0 saturated carbocycles. The third-order valence-electron chi connectivity index (χ3n) is 3.35. The quantitative estimate of drug-likeness (QED) is 0.780. The van der Waals surface area contributed by atoms with Gasteiger partial charge in [0.2, 0.25) is 0 Å². The molecule has 1 aliphatic carbocycles. The first-order valence-electron chi connectivity index (χ1n) is 5.94. The summed E-state index contributed by atoms with van der Waals surface area (Å²) in [5, 5.41) is 9.67. The molecule has 1 aromatic carbocycles. The van der Waals surface area contributed by atoms with Gasteiger partial charge in [0.15, 0.2) is 0 Å². The van der Waals surface area contributed by atoms with Gasteiger partial charge in [-0.05, 0) is 24.6 Å². The SMILES string of the molecule is CC1=CCc2c1c(=O)n(O)c(=O)n2-c1ccccc1. The van der Waals surface area contributed by atoms with E-state index >= 15 is 0 Å². The van der Waals surface area contributed by atoms with Crippen LogP contribution in [-0.4, -0.2) is 14.5 Å². The minimum absolute atomic E-state index is 0.175. The molecule has 0 radical (unpaired) electrons. The van der Waals surface area contributed by atoms with Gasteiger partial charge in [0.25, 0.3) is 5.56 Å². The molecular formula is C14H12N2O3. The molecule has 5 nitrogen and oxygen atoms in total. The number of aromatic nitrogens is 2. The number of hydrogen-bond acceptors (Lipinski definition) is 3. The van der Waals surface area contributed by atoms with Crippen molar-refractivity contribution >= 4 is 5.57 Å². The summed E-state index contributed by atoms with van der Waals surface area (Å²) in [6.07, 6.45) is 2.40. The highest BCUT2D eigenvalue weighted by atomic mass is 16.5. The Labute approximate surface area is 108 Å². The average Bonchev–Trinajstić information content (AvgIpc) is 2.80. The van der Waals surface area contributed by atoms with E-state index in [9.17, 15) is 14.8 Å². The first-order chi connectivity index (χ1) is 9.11. The van der Waals surface area contributed by atoms with Crippen molar-refractivity contribution in [1.29, 1.82) is 0 Å². The van der Waals surface area contributed by atoms with Gasteiger partial charge < -0.3 is 5.21 Å². The lowest BCUT2D eigenvalue weighted by Gasteiger charge is -2.13. The molecule has 0 aliphatic heterocycles. The molecule has 5 heteroatoms. The number of nitrogens with zero attached hydrogens (tertiary/aromatic N) is 2. The van der Waals surface area contributed by atoms with Crippen LogP contribution in [0.15, 0.2) is 46.0 Å². The van der Waals surface area contributed by atoms with E-state index in [1.165, 1.54) is 4.57 Å². The number of para-hydroxylation sites is 1. The second-order valence-corrected chi connectivity index (χ2v) is 4.48. The smallest absolute Gasteiger partial charge is 0.369 e. The van der Waals surface area contributed by atoms with Crippen LogP contribution in [0.2, 0.25) is 0 Å². The molecule has 0 saturated heterocycles. The maximum atomic E-state index is 12.1. The van der Waals surface area contributed by atoms with Crippen LogP contribution in [0.4, 0.5) is 0 Å². The largest absolute Gasteiger partial charge is 0.421 e. The van der Waals surface area contributed by atoms with Crippen LogP contribution in [0.25, 0.3) is 11.3 Å². The zero-order valence-corrected chi connectivity index (χ0v) is 10.3. The van der Waals surface area contributed by atoms with E-state index in [-0.39, 0.29) is 4.73 Å². The molecule has 1 aromatic heterocycles. The first kappa shape index (κ1) is 11.5. The van der Waals surface area contributed by atoms with Crippen LogP contribution >= 0.6 is 0 Å². The molecule has 3 rings (SSSR count). The van der Waals surface area contributed by atoms with Crippen LogP contribution in [-0.2, 0) is 6.42 Å². The topological polar surface area (TPSA) is 64.2 Å². The highest BCUT2D eigenvalue weighted by Crippen LogP contribution is 2.24. The third kappa shape index (κ3) is 1.55. The minimum Gasteiger partial charge on any atom is -0.421 e. The molecule has 0 fully saturated rings. The molecule has 1 aliphatic rings. The average molecular weight is 256 g/mol. The van der Waals surface area contributed by atoms with Gasteiger partial charge in [0.05, 0.1) is 11.3 Å². The van der Waals surface area contributed by atoms with Gasteiger partial charge in [-0.25, -0.2) is 4.79 Å². The van der Waals surface area contributed by atoms with E-state index in [4.69, 9.17) is 0 Å². The monoisotopic (exact) mass is 256 g/mol. The van der Waals surface area contributed by atoms with E-state index in [1.54, 1.807) is 31.2 Å². The Hall–Kier alpha value is -2.56. The van der Waals surface area contributed by atoms with Gasteiger partial charge in [0, 0.05) is 12.1 Å². The van der Waals surface area contributed by atoms with Crippen LogP contribution in [0.1, 0.15) is 18.2 Å². The highest BCUT2D eigenvalue weighted by molar-refractivity contribution is 5.70. The Morgan fingerprint density at radius 2 is 1.84 bits per heavy atom. The van der Waals surface area contributed by atoms with E-state index in [0.717, 1.165) is 5.57 Å². The molecule has 0 spiro atoms. The molecule has 0 amide bonds. The van der Waals surface area contributed by atoms with Gasteiger partial charge in [-0.15, -0.1) is 0 Å². The molecule has 2 aromatic rings. The molecule has 1 heterocycles. The minimum atomic E-state index is -0.738. The Balaban J connectivity index is 2.44. The first-order valence-corrected chi connectivity index (χ1v) is 5.94. The van der Waals surface area contributed by atoms with Crippen LogP contribution < -0.4 is 11.2 Å². The fourth-order valence-corrected chi connectivity index (χ4v) is 2.42. The van der Waals surface area contributed by atoms with E-state index < -0.39 is 11.2 Å². The summed E-state index contributed by atoms with van der Waals surface area (Å²) in [5.41, 5.74) is 1.06. The van der Waals surface area contributed by atoms with Gasteiger partial charge in [-0.1, -0.05) is 29.0 Å². The Bertz CT molecular complexity index is 798. The lowest BCUT2D eigenvalue weighted by Crippen LogP contribution is -2.41. The van der Waals surface area contributed by atoms with Crippen molar-refractivity contribution in [3.8, 4) is 5.69 Å². The molecule has 96 valence electrons. The number of benzene rings is 1. The molecule has 19 heavy (non-hydrogen) atoms. The maximum Gasteiger partial charge on any atom is 0.369 e. The molecule has 0 atom stereocenters. The van der Waals surface area contributed by atoms with Crippen molar-refractivity contribution in [2.45, 2.75) is 13.3 Å². The van der Waals surface area contributed by atoms with Crippen molar-refractivity contribution in [3.05, 3.63) is 68.5 Å².